The fourth-order valence-corrected chi connectivity index (χ4v) is 3.03. The normalized spacial score (nSPS) is 12.5. The highest BCUT2D eigenvalue weighted by Gasteiger charge is 2.13. The van der Waals surface area contributed by atoms with Crippen LogP contribution < -0.4 is 5.32 Å². The summed E-state index contributed by atoms with van der Waals surface area (Å²) in [6.45, 7) is 6.24. The quantitative estimate of drug-likeness (QED) is 0.927. The van der Waals surface area contributed by atoms with Gasteiger partial charge in [0.2, 0.25) is 0 Å². The second-order valence-electron chi connectivity index (χ2n) is 3.90. The van der Waals surface area contributed by atoms with E-state index in [1.54, 1.807) is 23.7 Å². The van der Waals surface area contributed by atoms with Crippen molar-refractivity contribution in [3.63, 3.8) is 0 Å². The minimum atomic E-state index is 0.250. The predicted octanol–water partition coefficient (Wildman–Crippen LogP) is 4.09. The van der Waals surface area contributed by atoms with Crippen LogP contribution in [0.15, 0.2) is 22.9 Å². The monoisotopic (exact) mass is 311 g/mol. The summed E-state index contributed by atoms with van der Waals surface area (Å²) in [4.78, 5) is 9.78. The first-order valence-corrected chi connectivity index (χ1v) is 6.99. The van der Waals surface area contributed by atoms with E-state index in [2.05, 4.69) is 45.1 Å². The average Bonchev–Trinajstić information content (AvgIpc) is 2.61. The number of nitrogens with one attached hydrogen (secondary N) is 1. The van der Waals surface area contributed by atoms with E-state index in [1.807, 2.05) is 13.0 Å². The molecule has 2 aromatic rings. The van der Waals surface area contributed by atoms with Gasteiger partial charge in [-0.1, -0.05) is 0 Å². The molecule has 90 valence electrons. The minimum Gasteiger partial charge on any atom is -0.377 e. The van der Waals surface area contributed by atoms with Crippen molar-refractivity contribution < 1.29 is 0 Å². The van der Waals surface area contributed by atoms with Gasteiger partial charge in [0.25, 0.3) is 0 Å². The number of pyridine rings is 1. The van der Waals surface area contributed by atoms with Crippen molar-refractivity contribution in [1.82, 2.24) is 9.97 Å². The molecule has 0 amide bonds. The third kappa shape index (κ3) is 2.84. The van der Waals surface area contributed by atoms with Gasteiger partial charge in [-0.25, -0.2) is 4.98 Å². The molecule has 0 bridgehead atoms. The molecule has 5 heteroatoms. The number of hydrogen-bond donors (Lipinski definition) is 1. The highest BCUT2D eigenvalue weighted by Crippen LogP contribution is 2.29. The van der Waals surface area contributed by atoms with Gasteiger partial charge in [-0.15, -0.1) is 11.3 Å². The van der Waals surface area contributed by atoms with Gasteiger partial charge in [0.15, 0.2) is 0 Å². The fraction of sp³-hybridized carbons (Fsp3) is 0.333. The number of thiazole rings is 1. The molecule has 0 radical (unpaired) electrons. The molecule has 2 aromatic heterocycles. The summed E-state index contributed by atoms with van der Waals surface area (Å²) in [6.07, 6.45) is 3.57. The van der Waals surface area contributed by atoms with E-state index in [0.717, 1.165) is 20.9 Å². The molecule has 1 atom stereocenters. The second-order valence-corrected chi connectivity index (χ2v) is 5.99. The lowest BCUT2D eigenvalue weighted by atomic mass is 10.2. The Balaban J connectivity index is 2.20. The third-order valence-corrected chi connectivity index (χ3v) is 4.36. The van der Waals surface area contributed by atoms with Crippen molar-refractivity contribution >= 4 is 33.0 Å². The maximum absolute atomic E-state index is 4.45. The molecule has 0 aromatic carbocycles. The van der Waals surface area contributed by atoms with E-state index in [0.29, 0.717) is 0 Å². The van der Waals surface area contributed by atoms with Crippen LogP contribution in [0.2, 0.25) is 0 Å². The highest BCUT2D eigenvalue weighted by atomic mass is 79.9. The summed E-state index contributed by atoms with van der Waals surface area (Å²) >= 11 is 5.23. The molecule has 0 aliphatic heterocycles. The van der Waals surface area contributed by atoms with Crippen LogP contribution in [0.1, 0.15) is 28.5 Å². The maximum Gasteiger partial charge on any atom is 0.0900 e. The Morgan fingerprint density at radius 2 is 2.18 bits per heavy atom. The van der Waals surface area contributed by atoms with E-state index in [9.17, 15) is 0 Å². The van der Waals surface area contributed by atoms with Crippen LogP contribution in [0.4, 0.5) is 5.69 Å². The summed E-state index contributed by atoms with van der Waals surface area (Å²) in [5.41, 5.74) is 2.16. The third-order valence-electron chi connectivity index (χ3n) is 2.48. The average molecular weight is 312 g/mol. The van der Waals surface area contributed by atoms with E-state index in [-0.39, 0.29) is 6.04 Å². The van der Waals surface area contributed by atoms with Gasteiger partial charge in [-0.2, -0.15) is 0 Å². The Morgan fingerprint density at radius 3 is 2.76 bits per heavy atom. The molecule has 1 unspecified atom stereocenters. The van der Waals surface area contributed by atoms with Crippen molar-refractivity contribution in [1.29, 1.82) is 0 Å². The first-order chi connectivity index (χ1) is 8.08. The van der Waals surface area contributed by atoms with Crippen molar-refractivity contribution in [2.75, 3.05) is 5.32 Å². The number of rotatable bonds is 3. The van der Waals surface area contributed by atoms with Gasteiger partial charge in [0.1, 0.15) is 0 Å². The maximum atomic E-state index is 4.45. The van der Waals surface area contributed by atoms with Crippen molar-refractivity contribution in [2.45, 2.75) is 26.8 Å². The number of anilines is 1. The predicted molar refractivity (Wildman–Crippen MR) is 75.6 cm³/mol. The zero-order chi connectivity index (χ0) is 12.4. The lowest BCUT2D eigenvalue weighted by molar-refractivity contribution is 0.887. The van der Waals surface area contributed by atoms with Crippen LogP contribution in [0.3, 0.4) is 0 Å². The van der Waals surface area contributed by atoms with Gasteiger partial charge < -0.3 is 5.32 Å². The van der Waals surface area contributed by atoms with Crippen LogP contribution in [-0.4, -0.2) is 9.97 Å². The summed E-state index contributed by atoms with van der Waals surface area (Å²) in [5, 5.41) is 4.58. The lowest BCUT2D eigenvalue weighted by Gasteiger charge is -2.15. The van der Waals surface area contributed by atoms with Crippen LogP contribution in [-0.2, 0) is 0 Å². The fourth-order valence-electron chi connectivity index (χ4n) is 1.74. The van der Waals surface area contributed by atoms with E-state index in [1.165, 1.54) is 4.88 Å². The molecule has 17 heavy (non-hydrogen) atoms. The molecule has 0 spiro atoms. The van der Waals surface area contributed by atoms with Gasteiger partial charge in [-0.05, 0) is 42.8 Å². The second kappa shape index (κ2) is 5.14. The topological polar surface area (TPSA) is 37.8 Å². The smallest absolute Gasteiger partial charge is 0.0900 e. The van der Waals surface area contributed by atoms with E-state index in [4.69, 9.17) is 0 Å². The van der Waals surface area contributed by atoms with E-state index < -0.39 is 0 Å². The van der Waals surface area contributed by atoms with Gasteiger partial charge in [0, 0.05) is 17.3 Å². The summed E-state index contributed by atoms with van der Waals surface area (Å²) in [6, 6.07) is 2.21. The molecule has 0 aliphatic rings. The largest absolute Gasteiger partial charge is 0.377 e. The van der Waals surface area contributed by atoms with Crippen molar-refractivity contribution in [3.05, 3.63) is 38.5 Å². The molecular weight excluding hydrogens is 298 g/mol. The molecular formula is C12H14BrN3S. The number of aromatic nitrogens is 2. The zero-order valence-corrected chi connectivity index (χ0v) is 12.4. The van der Waals surface area contributed by atoms with Crippen LogP contribution in [0, 0.1) is 13.8 Å². The first-order valence-electron chi connectivity index (χ1n) is 5.38. The molecule has 1 N–H and O–H groups in total. The van der Waals surface area contributed by atoms with Gasteiger partial charge in [-0.3, -0.25) is 4.98 Å². The lowest BCUT2D eigenvalue weighted by Crippen LogP contribution is -2.06. The Morgan fingerprint density at radius 1 is 1.41 bits per heavy atom. The highest BCUT2D eigenvalue weighted by molar-refractivity contribution is 9.10. The standard InChI is InChI=1S/C12H14BrN3S/c1-7-12(17-9(3)15-7)8(2)16-11-4-5-14-6-10(11)13/h4-6,8H,1-3H3,(H,14,16). The Bertz CT molecular complexity index is 524. The number of hydrogen-bond acceptors (Lipinski definition) is 4. The van der Waals surface area contributed by atoms with Crippen LogP contribution in [0.25, 0.3) is 0 Å². The van der Waals surface area contributed by atoms with Gasteiger partial charge >= 0.3 is 0 Å². The summed E-state index contributed by atoms with van der Waals surface area (Å²) < 4.78 is 0.978. The molecule has 0 saturated heterocycles. The Kier molecular flexibility index (Phi) is 3.79. The molecule has 0 fully saturated rings. The van der Waals surface area contributed by atoms with E-state index >= 15 is 0 Å². The SMILES string of the molecule is Cc1nc(C)c(C(C)Nc2ccncc2Br)s1. The molecule has 0 aliphatic carbocycles. The molecule has 2 rings (SSSR count). The summed E-state index contributed by atoms with van der Waals surface area (Å²) in [7, 11) is 0. The summed E-state index contributed by atoms with van der Waals surface area (Å²) in [5.74, 6) is 0. The van der Waals surface area contributed by atoms with Crippen LogP contribution in [0.5, 0.6) is 0 Å². The minimum absolute atomic E-state index is 0.250. The number of halogens is 1. The zero-order valence-electron chi connectivity index (χ0n) is 9.99. The van der Waals surface area contributed by atoms with Crippen LogP contribution >= 0.6 is 27.3 Å². The Hall–Kier alpha value is -0.940. The Labute approximate surface area is 113 Å². The number of aryl methyl sites for hydroxylation is 2. The van der Waals surface area contributed by atoms with Crippen molar-refractivity contribution in [2.24, 2.45) is 0 Å². The molecule has 0 saturated carbocycles. The van der Waals surface area contributed by atoms with Crippen molar-refractivity contribution in [3.8, 4) is 0 Å². The molecule has 3 nitrogen and oxygen atoms in total. The molecule has 2 heterocycles. The van der Waals surface area contributed by atoms with Gasteiger partial charge in [0.05, 0.1) is 26.9 Å². The number of nitrogens with zero attached hydrogens (tertiary/aromatic N) is 2. The first kappa shape index (κ1) is 12.5.